The molecule has 0 spiro atoms. The summed E-state index contributed by atoms with van der Waals surface area (Å²) in [6.45, 7) is 1.39. The molecule has 2 N–H and O–H groups in total. The molecular weight excluding hydrogens is 287 g/mol. The highest BCUT2D eigenvalue weighted by Gasteiger charge is 2.30. The fraction of sp³-hybridized carbons (Fsp3) is 0.429. The molecule has 1 rings (SSSR count). The van der Waals surface area contributed by atoms with E-state index < -0.39 is 42.9 Å². The summed E-state index contributed by atoms with van der Waals surface area (Å²) in [5.41, 5.74) is 0.535. The molecule has 0 saturated carbocycles. The van der Waals surface area contributed by atoms with Crippen molar-refractivity contribution in [3.8, 4) is 0 Å². The quantitative estimate of drug-likeness (QED) is 0.849. The highest BCUT2D eigenvalue weighted by atomic mass is 19.4. The first kappa shape index (κ1) is 17.0. The molecule has 2 atom stereocenters. The van der Waals surface area contributed by atoms with Gasteiger partial charge in [-0.15, -0.1) is 0 Å². The molecule has 7 heteroatoms. The number of carbonyl (C=O) groups is 2. The number of carbonyl (C=O) groups excluding carboxylic acids is 1. The minimum absolute atomic E-state index is 0.535. The first-order valence-corrected chi connectivity index (χ1v) is 6.34. The summed E-state index contributed by atoms with van der Waals surface area (Å²) in [6.07, 6.45) is -6.38. The Hall–Kier alpha value is -2.05. The number of alkyl halides is 3. The Morgan fingerprint density at radius 3 is 2.29 bits per heavy atom. The molecule has 0 radical (unpaired) electrons. The smallest absolute Gasteiger partial charge is 0.389 e. The van der Waals surface area contributed by atoms with Crippen LogP contribution in [0, 0.1) is 5.92 Å². The van der Waals surface area contributed by atoms with Crippen LogP contribution < -0.4 is 5.32 Å². The Bertz CT molecular complexity index is 488. The van der Waals surface area contributed by atoms with Crippen LogP contribution in [0.5, 0.6) is 0 Å². The van der Waals surface area contributed by atoms with E-state index >= 15 is 0 Å². The van der Waals surface area contributed by atoms with E-state index in [1.807, 2.05) is 0 Å². The molecule has 116 valence electrons. The summed E-state index contributed by atoms with van der Waals surface area (Å²) in [6, 6.07) is 7.42. The normalized spacial score (nSPS) is 14.3. The molecule has 1 aromatic rings. The van der Waals surface area contributed by atoms with Crippen LogP contribution in [0.2, 0.25) is 0 Å². The van der Waals surface area contributed by atoms with Gasteiger partial charge in [-0.2, -0.15) is 13.2 Å². The van der Waals surface area contributed by atoms with Crippen molar-refractivity contribution in [2.75, 3.05) is 0 Å². The van der Waals surface area contributed by atoms with Crippen LogP contribution in [0.25, 0.3) is 0 Å². The van der Waals surface area contributed by atoms with Crippen LogP contribution in [-0.4, -0.2) is 23.2 Å². The van der Waals surface area contributed by atoms with Gasteiger partial charge in [-0.3, -0.25) is 9.59 Å². The molecule has 0 aliphatic carbocycles. The standard InChI is InChI=1S/C14H16F3NO3/c1-9(13(20)21)12(10-5-3-2-4-6-10)18-11(19)7-8-14(15,16)17/h2-6,9,12H,7-8H2,1H3,(H,18,19)(H,20,21)/t9-,12-/m1/s1. The highest BCUT2D eigenvalue weighted by molar-refractivity contribution is 5.78. The Labute approximate surface area is 120 Å². The van der Waals surface area contributed by atoms with Gasteiger partial charge in [-0.05, 0) is 12.5 Å². The van der Waals surface area contributed by atoms with Crippen LogP contribution >= 0.6 is 0 Å². The largest absolute Gasteiger partial charge is 0.481 e. The van der Waals surface area contributed by atoms with Crippen molar-refractivity contribution < 1.29 is 27.9 Å². The number of carboxylic acid groups (broad SMARTS) is 1. The van der Waals surface area contributed by atoms with Gasteiger partial charge < -0.3 is 10.4 Å². The predicted octanol–water partition coefficient (Wildman–Crippen LogP) is 2.91. The van der Waals surface area contributed by atoms with E-state index in [0.717, 1.165) is 0 Å². The third kappa shape index (κ3) is 5.85. The Balaban J connectivity index is 2.79. The molecule has 4 nitrogen and oxygen atoms in total. The van der Waals surface area contributed by atoms with E-state index in [9.17, 15) is 22.8 Å². The van der Waals surface area contributed by atoms with Crippen LogP contribution in [0.15, 0.2) is 30.3 Å². The van der Waals surface area contributed by atoms with E-state index in [0.29, 0.717) is 5.56 Å². The molecule has 0 aliphatic heterocycles. The van der Waals surface area contributed by atoms with Gasteiger partial charge in [0.25, 0.3) is 0 Å². The van der Waals surface area contributed by atoms with Gasteiger partial charge in [0.15, 0.2) is 0 Å². The Morgan fingerprint density at radius 1 is 1.24 bits per heavy atom. The Morgan fingerprint density at radius 2 is 1.81 bits per heavy atom. The SMILES string of the molecule is C[C@@H](C(=O)O)[C@@H](NC(=O)CCC(F)(F)F)c1ccccc1. The Kier molecular flexibility index (Phi) is 5.75. The number of carboxylic acids is 1. The topological polar surface area (TPSA) is 66.4 Å². The van der Waals surface area contributed by atoms with Gasteiger partial charge in [0.1, 0.15) is 0 Å². The number of benzene rings is 1. The molecule has 0 aromatic heterocycles. The molecule has 1 aromatic carbocycles. The zero-order chi connectivity index (χ0) is 16.0. The lowest BCUT2D eigenvalue weighted by Gasteiger charge is -2.23. The molecule has 0 fully saturated rings. The monoisotopic (exact) mass is 303 g/mol. The van der Waals surface area contributed by atoms with E-state index in [1.54, 1.807) is 30.3 Å². The molecule has 0 heterocycles. The summed E-state index contributed by atoms with van der Waals surface area (Å²) in [7, 11) is 0. The van der Waals surface area contributed by atoms with Crippen LogP contribution in [0.4, 0.5) is 13.2 Å². The molecule has 21 heavy (non-hydrogen) atoms. The number of amides is 1. The summed E-state index contributed by atoms with van der Waals surface area (Å²) in [5.74, 6) is -2.92. The van der Waals surface area contributed by atoms with Crippen molar-refractivity contribution >= 4 is 11.9 Å². The van der Waals surface area contributed by atoms with E-state index in [-0.39, 0.29) is 0 Å². The number of rotatable bonds is 6. The predicted molar refractivity (Wildman–Crippen MR) is 69.4 cm³/mol. The molecule has 1 amide bonds. The van der Waals surface area contributed by atoms with Crippen molar-refractivity contribution in [2.24, 2.45) is 5.92 Å². The van der Waals surface area contributed by atoms with Crippen molar-refractivity contribution in [1.82, 2.24) is 5.32 Å². The molecular formula is C14H16F3NO3. The highest BCUT2D eigenvalue weighted by Crippen LogP contribution is 2.24. The number of nitrogens with one attached hydrogen (secondary N) is 1. The van der Waals surface area contributed by atoms with Gasteiger partial charge in [0, 0.05) is 6.42 Å². The third-order valence-corrected chi connectivity index (χ3v) is 3.00. The van der Waals surface area contributed by atoms with Crippen molar-refractivity contribution in [3.05, 3.63) is 35.9 Å². The van der Waals surface area contributed by atoms with Crippen molar-refractivity contribution in [1.29, 1.82) is 0 Å². The van der Waals surface area contributed by atoms with Crippen LogP contribution in [-0.2, 0) is 9.59 Å². The third-order valence-electron chi connectivity index (χ3n) is 3.00. The number of hydrogen-bond donors (Lipinski definition) is 2. The second kappa shape index (κ2) is 7.10. The molecule has 0 saturated heterocycles. The van der Waals surface area contributed by atoms with Crippen molar-refractivity contribution in [2.45, 2.75) is 32.0 Å². The lowest BCUT2D eigenvalue weighted by molar-refractivity contribution is -0.146. The zero-order valence-corrected chi connectivity index (χ0v) is 11.4. The minimum atomic E-state index is -4.42. The molecule has 0 unspecified atom stereocenters. The number of hydrogen-bond acceptors (Lipinski definition) is 2. The maximum Gasteiger partial charge on any atom is 0.389 e. The van der Waals surface area contributed by atoms with Gasteiger partial charge in [0.2, 0.25) is 5.91 Å². The average molecular weight is 303 g/mol. The van der Waals surface area contributed by atoms with Gasteiger partial charge in [-0.1, -0.05) is 30.3 Å². The van der Waals surface area contributed by atoms with Gasteiger partial charge in [0.05, 0.1) is 18.4 Å². The summed E-state index contributed by atoms with van der Waals surface area (Å²) in [4.78, 5) is 22.7. The summed E-state index contributed by atoms with van der Waals surface area (Å²) < 4.78 is 36.3. The van der Waals surface area contributed by atoms with E-state index in [2.05, 4.69) is 5.32 Å². The number of halogens is 3. The summed E-state index contributed by atoms with van der Waals surface area (Å²) >= 11 is 0. The van der Waals surface area contributed by atoms with E-state index in [1.165, 1.54) is 6.92 Å². The van der Waals surface area contributed by atoms with E-state index in [4.69, 9.17) is 5.11 Å². The minimum Gasteiger partial charge on any atom is -0.481 e. The van der Waals surface area contributed by atoms with Gasteiger partial charge in [-0.25, -0.2) is 0 Å². The number of aliphatic carboxylic acids is 1. The zero-order valence-electron chi connectivity index (χ0n) is 11.4. The fourth-order valence-electron chi connectivity index (χ4n) is 1.80. The maximum absolute atomic E-state index is 12.1. The molecule has 0 bridgehead atoms. The van der Waals surface area contributed by atoms with Crippen LogP contribution in [0.1, 0.15) is 31.4 Å². The first-order chi connectivity index (χ1) is 9.70. The summed E-state index contributed by atoms with van der Waals surface area (Å²) in [5, 5.41) is 11.4. The van der Waals surface area contributed by atoms with Crippen molar-refractivity contribution in [3.63, 3.8) is 0 Å². The lowest BCUT2D eigenvalue weighted by Crippen LogP contribution is -2.36. The second-order valence-corrected chi connectivity index (χ2v) is 4.70. The van der Waals surface area contributed by atoms with Crippen LogP contribution in [0.3, 0.4) is 0 Å². The fourth-order valence-corrected chi connectivity index (χ4v) is 1.80. The van der Waals surface area contributed by atoms with Gasteiger partial charge >= 0.3 is 12.1 Å². The maximum atomic E-state index is 12.1. The second-order valence-electron chi connectivity index (χ2n) is 4.70. The first-order valence-electron chi connectivity index (χ1n) is 6.34. The molecule has 0 aliphatic rings. The lowest BCUT2D eigenvalue weighted by atomic mass is 9.94. The average Bonchev–Trinajstić information content (AvgIpc) is 2.42.